The van der Waals surface area contributed by atoms with E-state index in [1.54, 1.807) is 6.07 Å². The van der Waals surface area contributed by atoms with Crippen molar-refractivity contribution in [1.82, 2.24) is 0 Å². The largest absolute Gasteiger partial charge is 0.504 e. The summed E-state index contributed by atoms with van der Waals surface area (Å²) >= 11 is 0. The van der Waals surface area contributed by atoms with Gasteiger partial charge in [0.2, 0.25) is 0 Å². The van der Waals surface area contributed by atoms with E-state index in [2.05, 4.69) is 0 Å². The van der Waals surface area contributed by atoms with Gasteiger partial charge in [-0.3, -0.25) is 4.79 Å². The van der Waals surface area contributed by atoms with E-state index in [1.165, 1.54) is 7.11 Å². The molecule has 0 aromatic heterocycles. The van der Waals surface area contributed by atoms with Crippen LogP contribution in [0.3, 0.4) is 0 Å². The van der Waals surface area contributed by atoms with Crippen LogP contribution < -0.4 is 4.74 Å². The van der Waals surface area contributed by atoms with Crippen molar-refractivity contribution in [3.05, 3.63) is 23.3 Å². The number of hydrogen-bond donors (Lipinski definition) is 2. The molecular weight excluding hydrogens is 220 g/mol. The number of methoxy groups -OCH3 is 1. The maximum absolute atomic E-state index is 10.5. The second kappa shape index (κ2) is 5.57. The number of rotatable bonds is 5. The summed E-state index contributed by atoms with van der Waals surface area (Å²) in [5, 5.41) is 18.5. The molecule has 94 valence electrons. The monoisotopic (exact) mass is 238 g/mol. The number of benzene rings is 1. The predicted octanol–water partition coefficient (Wildman–Crippen LogP) is 2.54. The van der Waals surface area contributed by atoms with Gasteiger partial charge in [0.1, 0.15) is 0 Å². The number of phenolic OH excluding ortho intramolecular Hbond substituents is 1. The minimum Gasteiger partial charge on any atom is -0.504 e. The minimum absolute atomic E-state index is 0.00172. The van der Waals surface area contributed by atoms with E-state index in [9.17, 15) is 9.90 Å². The summed E-state index contributed by atoms with van der Waals surface area (Å²) in [4.78, 5) is 10.5. The molecule has 0 saturated heterocycles. The molecule has 0 aliphatic carbocycles. The Bertz CT molecular complexity index is 410. The number of hydrogen-bond acceptors (Lipinski definition) is 3. The first-order valence-corrected chi connectivity index (χ1v) is 5.57. The van der Waals surface area contributed by atoms with Crippen LogP contribution in [0.1, 0.15) is 37.3 Å². The highest BCUT2D eigenvalue weighted by Crippen LogP contribution is 2.34. The fourth-order valence-corrected chi connectivity index (χ4v) is 1.61. The molecule has 0 atom stereocenters. The fraction of sp³-hybridized carbons (Fsp3) is 0.462. The van der Waals surface area contributed by atoms with Gasteiger partial charge < -0.3 is 14.9 Å². The Kier molecular flexibility index (Phi) is 4.37. The number of carbonyl (C=O) groups is 1. The van der Waals surface area contributed by atoms with Crippen LogP contribution in [0.25, 0.3) is 0 Å². The molecule has 2 N–H and O–H groups in total. The van der Waals surface area contributed by atoms with Crippen LogP contribution in [0.2, 0.25) is 0 Å². The van der Waals surface area contributed by atoms with Crippen molar-refractivity contribution in [3.8, 4) is 11.5 Å². The van der Waals surface area contributed by atoms with Crippen molar-refractivity contribution >= 4 is 5.97 Å². The first kappa shape index (κ1) is 13.4. The topological polar surface area (TPSA) is 66.8 Å². The third-order valence-electron chi connectivity index (χ3n) is 2.67. The molecule has 0 saturated carbocycles. The highest BCUT2D eigenvalue weighted by atomic mass is 16.5. The Labute approximate surface area is 101 Å². The van der Waals surface area contributed by atoms with Gasteiger partial charge in [-0.2, -0.15) is 0 Å². The fourth-order valence-electron chi connectivity index (χ4n) is 1.61. The van der Waals surface area contributed by atoms with Gasteiger partial charge in [-0.25, -0.2) is 0 Å². The van der Waals surface area contributed by atoms with E-state index in [0.717, 1.165) is 5.56 Å². The number of aromatic hydroxyl groups is 1. The van der Waals surface area contributed by atoms with Gasteiger partial charge in [-0.05, 0) is 29.5 Å². The Morgan fingerprint density at radius 1 is 1.41 bits per heavy atom. The molecule has 0 amide bonds. The molecule has 0 heterocycles. The molecule has 0 bridgehead atoms. The third kappa shape index (κ3) is 3.37. The molecule has 4 nitrogen and oxygen atoms in total. The molecule has 1 rings (SSSR count). The van der Waals surface area contributed by atoms with E-state index in [0.29, 0.717) is 23.7 Å². The van der Waals surface area contributed by atoms with E-state index >= 15 is 0 Å². The van der Waals surface area contributed by atoms with Crippen molar-refractivity contribution in [2.75, 3.05) is 7.11 Å². The maximum atomic E-state index is 10.5. The molecular formula is C13H18O4. The van der Waals surface area contributed by atoms with Crippen molar-refractivity contribution < 1.29 is 19.7 Å². The zero-order chi connectivity index (χ0) is 13.0. The average Bonchev–Trinajstić information content (AvgIpc) is 2.27. The van der Waals surface area contributed by atoms with E-state index in [-0.39, 0.29) is 12.2 Å². The van der Waals surface area contributed by atoms with Gasteiger partial charge in [0.25, 0.3) is 0 Å². The average molecular weight is 238 g/mol. The molecule has 0 aliphatic heterocycles. The molecule has 0 fully saturated rings. The van der Waals surface area contributed by atoms with Gasteiger partial charge in [-0.1, -0.05) is 19.9 Å². The summed E-state index contributed by atoms with van der Waals surface area (Å²) in [6.07, 6.45) is 0.302. The van der Waals surface area contributed by atoms with E-state index in [4.69, 9.17) is 9.84 Å². The Balaban J connectivity index is 3.08. The molecule has 4 heteroatoms. The summed E-state index contributed by atoms with van der Waals surface area (Å²) < 4.78 is 5.09. The highest BCUT2D eigenvalue weighted by Gasteiger charge is 2.13. The number of ether oxygens (including phenoxy) is 1. The van der Waals surface area contributed by atoms with Crippen LogP contribution in [0, 0.1) is 0 Å². The smallest absolute Gasteiger partial charge is 0.303 e. The van der Waals surface area contributed by atoms with Gasteiger partial charge in [0.15, 0.2) is 11.5 Å². The van der Waals surface area contributed by atoms with Crippen LogP contribution in [0.15, 0.2) is 12.1 Å². The lowest BCUT2D eigenvalue weighted by molar-refractivity contribution is -0.136. The molecule has 1 aromatic carbocycles. The van der Waals surface area contributed by atoms with Crippen LogP contribution in [-0.2, 0) is 11.2 Å². The first-order valence-electron chi connectivity index (χ1n) is 5.57. The number of carboxylic acids is 1. The number of aryl methyl sites for hydroxylation is 1. The van der Waals surface area contributed by atoms with Crippen molar-refractivity contribution in [2.24, 2.45) is 0 Å². The third-order valence-corrected chi connectivity index (χ3v) is 2.67. The lowest BCUT2D eigenvalue weighted by Crippen LogP contribution is -2.00. The summed E-state index contributed by atoms with van der Waals surface area (Å²) in [5.41, 5.74) is 1.65. The van der Waals surface area contributed by atoms with Crippen molar-refractivity contribution in [1.29, 1.82) is 0 Å². The van der Waals surface area contributed by atoms with Crippen LogP contribution in [0.4, 0.5) is 0 Å². The molecule has 0 unspecified atom stereocenters. The van der Waals surface area contributed by atoms with Crippen LogP contribution in [-0.4, -0.2) is 23.3 Å². The summed E-state index contributed by atoms with van der Waals surface area (Å²) in [6, 6.07) is 3.62. The summed E-state index contributed by atoms with van der Waals surface area (Å²) in [6.45, 7) is 4.07. The van der Waals surface area contributed by atoms with Crippen LogP contribution in [0.5, 0.6) is 11.5 Å². The molecule has 17 heavy (non-hydrogen) atoms. The summed E-state index contributed by atoms with van der Waals surface area (Å²) in [7, 11) is 1.49. The SMILES string of the molecule is COc1cc(C(C)C)cc(CCC(=O)O)c1O. The first-order chi connectivity index (χ1) is 7.95. The van der Waals surface area contributed by atoms with Crippen LogP contribution >= 0.6 is 0 Å². The quantitative estimate of drug-likeness (QED) is 0.827. The number of aliphatic carboxylic acids is 1. The minimum atomic E-state index is -0.877. The Hall–Kier alpha value is -1.71. The van der Waals surface area contributed by atoms with Gasteiger partial charge in [-0.15, -0.1) is 0 Å². The second-order valence-electron chi connectivity index (χ2n) is 4.28. The second-order valence-corrected chi connectivity index (χ2v) is 4.28. The predicted molar refractivity (Wildman–Crippen MR) is 64.7 cm³/mol. The lowest BCUT2D eigenvalue weighted by atomic mass is 9.97. The van der Waals surface area contributed by atoms with E-state index < -0.39 is 5.97 Å². The van der Waals surface area contributed by atoms with Gasteiger partial charge in [0.05, 0.1) is 7.11 Å². The van der Waals surface area contributed by atoms with E-state index in [1.807, 2.05) is 19.9 Å². The zero-order valence-electron chi connectivity index (χ0n) is 10.4. The van der Waals surface area contributed by atoms with Gasteiger partial charge in [0, 0.05) is 6.42 Å². The summed E-state index contributed by atoms with van der Waals surface area (Å²) in [5.74, 6) is -0.138. The maximum Gasteiger partial charge on any atom is 0.303 e. The molecule has 0 spiro atoms. The van der Waals surface area contributed by atoms with Crippen molar-refractivity contribution in [2.45, 2.75) is 32.6 Å². The Morgan fingerprint density at radius 3 is 2.53 bits per heavy atom. The highest BCUT2D eigenvalue weighted by molar-refractivity contribution is 5.67. The number of phenols is 1. The number of carboxylic acid groups (broad SMARTS) is 1. The molecule has 0 radical (unpaired) electrons. The zero-order valence-corrected chi connectivity index (χ0v) is 10.4. The lowest BCUT2D eigenvalue weighted by Gasteiger charge is -2.13. The van der Waals surface area contributed by atoms with Crippen molar-refractivity contribution in [3.63, 3.8) is 0 Å². The Morgan fingerprint density at radius 2 is 2.06 bits per heavy atom. The molecule has 0 aliphatic rings. The normalized spacial score (nSPS) is 10.6. The standard InChI is InChI=1S/C13H18O4/c1-8(2)10-6-9(4-5-12(14)15)13(16)11(7-10)17-3/h6-8,16H,4-5H2,1-3H3,(H,14,15). The van der Waals surface area contributed by atoms with Gasteiger partial charge >= 0.3 is 5.97 Å². The molecule has 1 aromatic rings.